The molecule has 0 aliphatic heterocycles. The maximum absolute atomic E-state index is 13.2. The fourth-order valence-corrected chi connectivity index (χ4v) is 2.67. The third-order valence-corrected chi connectivity index (χ3v) is 4.31. The molecular formula is C14H13BrClFN2. The van der Waals surface area contributed by atoms with Gasteiger partial charge in [0.1, 0.15) is 5.82 Å². The van der Waals surface area contributed by atoms with Crippen molar-refractivity contribution in [3.05, 3.63) is 68.4 Å². The predicted octanol–water partition coefficient (Wildman–Crippen LogP) is 4.10. The van der Waals surface area contributed by atoms with E-state index in [9.17, 15) is 4.39 Å². The van der Waals surface area contributed by atoms with Crippen molar-refractivity contribution in [2.75, 3.05) is 0 Å². The number of rotatable bonds is 3. The molecule has 0 bridgehead atoms. The van der Waals surface area contributed by atoms with Gasteiger partial charge in [-0.1, -0.05) is 29.8 Å². The lowest BCUT2D eigenvalue weighted by Gasteiger charge is -2.20. The van der Waals surface area contributed by atoms with E-state index < -0.39 is 0 Å². The predicted molar refractivity (Wildman–Crippen MR) is 79.5 cm³/mol. The summed E-state index contributed by atoms with van der Waals surface area (Å²) in [4.78, 5) is 0. The average Bonchev–Trinajstić information content (AvgIpc) is 2.37. The van der Waals surface area contributed by atoms with E-state index >= 15 is 0 Å². The number of benzene rings is 2. The molecule has 0 amide bonds. The van der Waals surface area contributed by atoms with Gasteiger partial charge in [-0.15, -0.1) is 0 Å². The monoisotopic (exact) mass is 342 g/mol. The van der Waals surface area contributed by atoms with Gasteiger partial charge in [0.2, 0.25) is 0 Å². The standard InChI is InChI=1S/C14H13BrClFN2/c1-8-7-9(17)5-6-10(8)14(19-18)11-3-2-4-12(15)13(11)16/h2-7,14,19H,18H2,1H3. The van der Waals surface area contributed by atoms with Crippen LogP contribution in [0.3, 0.4) is 0 Å². The molecule has 2 rings (SSSR count). The smallest absolute Gasteiger partial charge is 0.123 e. The molecule has 2 nitrogen and oxygen atoms in total. The molecule has 0 saturated carbocycles. The van der Waals surface area contributed by atoms with Gasteiger partial charge >= 0.3 is 0 Å². The minimum Gasteiger partial charge on any atom is -0.271 e. The van der Waals surface area contributed by atoms with E-state index in [1.807, 2.05) is 25.1 Å². The topological polar surface area (TPSA) is 38.0 Å². The molecule has 3 N–H and O–H groups in total. The van der Waals surface area contributed by atoms with Crippen LogP contribution < -0.4 is 11.3 Å². The zero-order valence-electron chi connectivity index (χ0n) is 10.3. The number of hydrogen-bond donors (Lipinski definition) is 2. The molecule has 0 aliphatic carbocycles. The molecule has 1 unspecified atom stereocenters. The summed E-state index contributed by atoms with van der Waals surface area (Å²) in [7, 11) is 0. The van der Waals surface area contributed by atoms with Gasteiger partial charge in [0.15, 0.2) is 0 Å². The highest BCUT2D eigenvalue weighted by Crippen LogP contribution is 2.34. The molecule has 0 fully saturated rings. The van der Waals surface area contributed by atoms with Crippen molar-refractivity contribution in [1.82, 2.24) is 5.43 Å². The first kappa shape index (κ1) is 14.5. The van der Waals surface area contributed by atoms with Gasteiger partial charge in [-0.2, -0.15) is 0 Å². The summed E-state index contributed by atoms with van der Waals surface area (Å²) in [5.41, 5.74) is 5.29. The Morgan fingerprint density at radius 2 is 2.00 bits per heavy atom. The van der Waals surface area contributed by atoms with Gasteiger partial charge in [-0.3, -0.25) is 5.84 Å². The minimum absolute atomic E-state index is 0.266. The van der Waals surface area contributed by atoms with E-state index in [0.717, 1.165) is 21.2 Å². The van der Waals surface area contributed by atoms with Crippen molar-refractivity contribution in [1.29, 1.82) is 0 Å². The number of halogens is 3. The maximum Gasteiger partial charge on any atom is 0.123 e. The Hall–Kier alpha value is -0.940. The summed E-state index contributed by atoms with van der Waals surface area (Å²) in [6.45, 7) is 1.84. The van der Waals surface area contributed by atoms with Crippen LogP contribution in [0.1, 0.15) is 22.7 Å². The third-order valence-electron chi connectivity index (χ3n) is 3.00. The molecule has 0 saturated heterocycles. The fourth-order valence-electron chi connectivity index (χ4n) is 2.05. The second-order valence-corrected chi connectivity index (χ2v) is 5.48. The molecule has 0 radical (unpaired) electrons. The Bertz CT molecular complexity index is 604. The summed E-state index contributed by atoms with van der Waals surface area (Å²) in [6, 6.07) is 9.95. The first-order valence-electron chi connectivity index (χ1n) is 5.70. The van der Waals surface area contributed by atoms with Crippen molar-refractivity contribution in [2.24, 2.45) is 5.84 Å². The van der Waals surface area contributed by atoms with Crippen molar-refractivity contribution in [3.8, 4) is 0 Å². The van der Waals surface area contributed by atoms with Crippen LogP contribution in [-0.2, 0) is 0 Å². The highest BCUT2D eigenvalue weighted by molar-refractivity contribution is 9.10. The molecule has 0 heterocycles. The fraction of sp³-hybridized carbons (Fsp3) is 0.143. The summed E-state index contributed by atoms with van der Waals surface area (Å²) in [5, 5.41) is 0.592. The number of nitrogens with two attached hydrogens (primary N) is 1. The van der Waals surface area contributed by atoms with Gasteiger partial charge in [0.25, 0.3) is 0 Å². The van der Waals surface area contributed by atoms with E-state index in [0.29, 0.717) is 5.02 Å². The number of hydrazine groups is 1. The van der Waals surface area contributed by atoms with Gasteiger partial charge in [0.05, 0.1) is 11.1 Å². The van der Waals surface area contributed by atoms with E-state index in [-0.39, 0.29) is 11.9 Å². The lowest BCUT2D eigenvalue weighted by atomic mass is 9.95. The summed E-state index contributed by atoms with van der Waals surface area (Å²) in [6.07, 6.45) is 0. The first-order chi connectivity index (χ1) is 9.04. The van der Waals surface area contributed by atoms with Gasteiger partial charge in [-0.25, -0.2) is 9.82 Å². The molecule has 19 heavy (non-hydrogen) atoms. The normalized spacial score (nSPS) is 12.5. The second-order valence-electron chi connectivity index (χ2n) is 4.24. The van der Waals surface area contributed by atoms with Crippen molar-refractivity contribution in [2.45, 2.75) is 13.0 Å². The Morgan fingerprint density at radius 1 is 1.26 bits per heavy atom. The van der Waals surface area contributed by atoms with Crippen LogP contribution in [0.5, 0.6) is 0 Å². The van der Waals surface area contributed by atoms with Crippen molar-refractivity contribution >= 4 is 27.5 Å². The molecule has 2 aromatic rings. The molecule has 1 atom stereocenters. The lowest BCUT2D eigenvalue weighted by molar-refractivity contribution is 0.612. The highest BCUT2D eigenvalue weighted by atomic mass is 79.9. The van der Waals surface area contributed by atoms with Crippen molar-refractivity contribution in [3.63, 3.8) is 0 Å². The zero-order valence-corrected chi connectivity index (χ0v) is 12.6. The van der Waals surface area contributed by atoms with Gasteiger partial charge < -0.3 is 0 Å². The highest BCUT2D eigenvalue weighted by Gasteiger charge is 2.18. The summed E-state index contributed by atoms with van der Waals surface area (Å²) in [5.74, 6) is 5.38. The van der Waals surface area contributed by atoms with Crippen LogP contribution in [0.2, 0.25) is 5.02 Å². The van der Waals surface area contributed by atoms with Crippen LogP contribution in [0.4, 0.5) is 4.39 Å². The minimum atomic E-state index is -0.286. The van der Waals surface area contributed by atoms with E-state index in [1.165, 1.54) is 12.1 Å². The van der Waals surface area contributed by atoms with Crippen LogP contribution in [0.15, 0.2) is 40.9 Å². The molecule has 2 aromatic carbocycles. The molecule has 0 aromatic heterocycles. The van der Waals surface area contributed by atoms with E-state index in [2.05, 4.69) is 21.4 Å². The van der Waals surface area contributed by atoms with E-state index in [4.69, 9.17) is 17.4 Å². The van der Waals surface area contributed by atoms with Crippen LogP contribution in [-0.4, -0.2) is 0 Å². The van der Waals surface area contributed by atoms with Crippen LogP contribution in [0, 0.1) is 12.7 Å². The molecule has 100 valence electrons. The lowest BCUT2D eigenvalue weighted by Crippen LogP contribution is -2.29. The number of aryl methyl sites for hydroxylation is 1. The Kier molecular flexibility index (Phi) is 4.58. The quantitative estimate of drug-likeness (QED) is 0.650. The molecule has 0 aliphatic rings. The second kappa shape index (κ2) is 6.01. The molecule has 5 heteroatoms. The maximum atomic E-state index is 13.2. The van der Waals surface area contributed by atoms with Gasteiger partial charge in [0, 0.05) is 4.47 Å². The number of hydrogen-bond acceptors (Lipinski definition) is 2. The van der Waals surface area contributed by atoms with Gasteiger partial charge in [-0.05, 0) is 57.7 Å². The van der Waals surface area contributed by atoms with Crippen molar-refractivity contribution < 1.29 is 4.39 Å². The zero-order chi connectivity index (χ0) is 14.0. The van der Waals surface area contributed by atoms with Crippen LogP contribution >= 0.6 is 27.5 Å². The first-order valence-corrected chi connectivity index (χ1v) is 6.87. The Labute approximate surface area is 124 Å². The summed E-state index contributed by atoms with van der Waals surface area (Å²) >= 11 is 9.67. The Balaban J connectivity index is 2.53. The Morgan fingerprint density at radius 3 is 2.63 bits per heavy atom. The largest absolute Gasteiger partial charge is 0.271 e. The van der Waals surface area contributed by atoms with Crippen LogP contribution in [0.25, 0.3) is 0 Å². The SMILES string of the molecule is Cc1cc(F)ccc1C(NN)c1cccc(Br)c1Cl. The number of nitrogens with one attached hydrogen (secondary N) is 1. The summed E-state index contributed by atoms with van der Waals surface area (Å²) < 4.78 is 14.0. The third kappa shape index (κ3) is 2.98. The van der Waals surface area contributed by atoms with E-state index in [1.54, 1.807) is 6.07 Å². The molecule has 0 spiro atoms. The average molecular weight is 344 g/mol. The molecular weight excluding hydrogens is 331 g/mol.